The van der Waals surface area contributed by atoms with Gasteiger partial charge in [-0.05, 0) is 25.5 Å². The fraction of sp³-hybridized carbons (Fsp3) is 0.333. The molecule has 1 aromatic heterocycles. The molecule has 0 aliphatic carbocycles. The minimum Gasteiger partial charge on any atom is -0.461 e. The van der Waals surface area contributed by atoms with E-state index in [1.54, 1.807) is 13.8 Å². The molecule has 0 aliphatic heterocycles. The van der Waals surface area contributed by atoms with Gasteiger partial charge in [0, 0.05) is 0 Å². The molecule has 0 aromatic carbocycles. The van der Waals surface area contributed by atoms with Gasteiger partial charge in [0.1, 0.15) is 11.5 Å². The topological polar surface area (TPSA) is 39.2 Å². The van der Waals surface area contributed by atoms with E-state index in [9.17, 15) is 9.18 Å². The van der Waals surface area contributed by atoms with Crippen LogP contribution in [0.2, 0.25) is 0 Å². The number of carbonyl (C=O) groups excluding carboxylic acids is 1. The summed E-state index contributed by atoms with van der Waals surface area (Å²) in [4.78, 5) is 14.7. The van der Waals surface area contributed by atoms with Crippen molar-refractivity contribution in [1.29, 1.82) is 0 Å². The van der Waals surface area contributed by atoms with Crippen LogP contribution >= 0.6 is 0 Å². The maximum atomic E-state index is 12.7. The average molecular weight is 183 g/mol. The number of pyridine rings is 1. The second-order valence-electron chi connectivity index (χ2n) is 2.54. The van der Waals surface area contributed by atoms with E-state index in [2.05, 4.69) is 4.98 Å². The minimum atomic E-state index is -0.523. The first-order valence-electron chi connectivity index (χ1n) is 3.94. The van der Waals surface area contributed by atoms with E-state index in [0.29, 0.717) is 5.56 Å². The van der Waals surface area contributed by atoms with Crippen LogP contribution in [0.1, 0.15) is 23.0 Å². The van der Waals surface area contributed by atoms with Crippen LogP contribution in [0.5, 0.6) is 0 Å². The first-order chi connectivity index (χ1) is 6.15. The third-order valence-corrected chi connectivity index (χ3v) is 1.53. The number of ether oxygens (including phenoxy) is 1. The van der Waals surface area contributed by atoms with Crippen LogP contribution < -0.4 is 0 Å². The number of hydrogen-bond donors (Lipinski definition) is 0. The molecule has 0 aliphatic rings. The van der Waals surface area contributed by atoms with Crippen molar-refractivity contribution in [3.8, 4) is 0 Å². The van der Waals surface area contributed by atoms with Gasteiger partial charge >= 0.3 is 5.97 Å². The summed E-state index contributed by atoms with van der Waals surface area (Å²) in [6, 6.07) is 1.37. The monoisotopic (exact) mass is 183 g/mol. The third-order valence-electron chi connectivity index (χ3n) is 1.53. The van der Waals surface area contributed by atoms with Gasteiger partial charge in [0.2, 0.25) is 0 Å². The predicted molar refractivity (Wildman–Crippen MR) is 44.9 cm³/mol. The fourth-order valence-electron chi connectivity index (χ4n) is 0.856. The van der Waals surface area contributed by atoms with Crippen LogP contribution in [-0.4, -0.2) is 17.6 Å². The molecule has 3 nitrogen and oxygen atoms in total. The van der Waals surface area contributed by atoms with Crippen molar-refractivity contribution in [2.24, 2.45) is 0 Å². The minimum absolute atomic E-state index is 0.140. The quantitative estimate of drug-likeness (QED) is 0.655. The molecule has 13 heavy (non-hydrogen) atoms. The molecule has 0 fully saturated rings. The van der Waals surface area contributed by atoms with Gasteiger partial charge in [-0.2, -0.15) is 0 Å². The summed E-state index contributed by atoms with van der Waals surface area (Å²) in [7, 11) is 0. The van der Waals surface area contributed by atoms with Gasteiger partial charge in [0.15, 0.2) is 0 Å². The molecule has 4 heteroatoms. The molecule has 0 radical (unpaired) electrons. The molecule has 1 heterocycles. The van der Waals surface area contributed by atoms with E-state index in [1.165, 1.54) is 6.07 Å². The lowest BCUT2D eigenvalue weighted by Crippen LogP contribution is -2.07. The zero-order valence-corrected chi connectivity index (χ0v) is 7.50. The molecule has 0 N–H and O–H groups in total. The third kappa shape index (κ3) is 2.24. The highest BCUT2D eigenvalue weighted by molar-refractivity contribution is 5.87. The number of carbonyl (C=O) groups is 1. The van der Waals surface area contributed by atoms with Gasteiger partial charge in [-0.1, -0.05) is 0 Å². The molecule has 0 spiro atoms. The van der Waals surface area contributed by atoms with E-state index in [-0.39, 0.29) is 12.3 Å². The summed E-state index contributed by atoms with van der Waals surface area (Å²) < 4.78 is 17.4. The first-order valence-corrected chi connectivity index (χ1v) is 3.94. The normalized spacial score (nSPS) is 9.77. The van der Waals surface area contributed by atoms with Gasteiger partial charge in [0.25, 0.3) is 0 Å². The predicted octanol–water partition coefficient (Wildman–Crippen LogP) is 1.71. The number of nitrogens with zero attached hydrogens (tertiary/aromatic N) is 1. The average Bonchev–Trinajstić information content (AvgIpc) is 2.10. The smallest absolute Gasteiger partial charge is 0.356 e. The lowest BCUT2D eigenvalue weighted by Gasteiger charge is -2.01. The van der Waals surface area contributed by atoms with Gasteiger partial charge < -0.3 is 4.74 Å². The van der Waals surface area contributed by atoms with Gasteiger partial charge in [-0.3, -0.25) is 0 Å². The van der Waals surface area contributed by atoms with E-state index in [4.69, 9.17) is 4.74 Å². The largest absolute Gasteiger partial charge is 0.461 e. The van der Waals surface area contributed by atoms with Gasteiger partial charge in [0.05, 0.1) is 12.8 Å². The van der Waals surface area contributed by atoms with Gasteiger partial charge in [-0.15, -0.1) is 0 Å². The Hall–Kier alpha value is -1.45. The number of rotatable bonds is 2. The number of esters is 1. The van der Waals surface area contributed by atoms with Crippen LogP contribution in [0.25, 0.3) is 0 Å². The molecule has 0 atom stereocenters. The standard InChI is InChI=1S/C9H10FNO2/c1-3-13-9(12)8-4-6(2)7(10)5-11-8/h4-5H,3H2,1-2H3. The molecular formula is C9H10FNO2. The highest BCUT2D eigenvalue weighted by atomic mass is 19.1. The first kappa shape index (κ1) is 9.64. The zero-order chi connectivity index (χ0) is 9.84. The van der Waals surface area contributed by atoms with Crippen LogP contribution in [0.4, 0.5) is 4.39 Å². The van der Waals surface area contributed by atoms with Crippen LogP contribution in [-0.2, 0) is 4.74 Å². The Bertz CT molecular complexity index is 325. The molecule has 0 saturated heterocycles. The summed E-state index contributed by atoms with van der Waals surface area (Å²) in [6.07, 6.45) is 1.02. The Morgan fingerprint density at radius 3 is 2.92 bits per heavy atom. The molecule has 1 rings (SSSR count). The maximum absolute atomic E-state index is 12.7. The highest BCUT2D eigenvalue weighted by Crippen LogP contribution is 2.06. The van der Waals surface area contributed by atoms with Crippen molar-refractivity contribution in [3.05, 3.63) is 29.3 Å². The highest BCUT2D eigenvalue weighted by Gasteiger charge is 2.09. The van der Waals surface area contributed by atoms with E-state index < -0.39 is 11.8 Å². The summed E-state index contributed by atoms with van der Waals surface area (Å²) in [6.45, 7) is 3.56. The second kappa shape index (κ2) is 3.98. The molecule has 0 saturated carbocycles. The van der Waals surface area contributed by atoms with Crippen LogP contribution in [0.15, 0.2) is 12.3 Å². The molecule has 1 aromatic rings. The summed E-state index contributed by atoms with van der Waals surface area (Å²) in [5.41, 5.74) is 0.527. The van der Waals surface area contributed by atoms with Crippen molar-refractivity contribution >= 4 is 5.97 Å². The summed E-state index contributed by atoms with van der Waals surface area (Å²) in [5, 5.41) is 0. The van der Waals surface area contributed by atoms with Crippen molar-refractivity contribution < 1.29 is 13.9 Å². The Morgan fingerprint density at radius 2 is 2.38 bits per heavy atom. The van der Waals surface area contributed by atoms with E-state index >= 15 is 0 Å². The molecule has 0 unspecified atom stereocenters. The maximum Gasteiger partial charge on any atom is 0.356 e. The van der Waals surface area contributed by atoms with E-state index in [0.717, 1.165) is 6.20 Å². The molecule has 0 amide bonds. The van der Waals surface area contributed by atoms with Crippen molar-refractivity contribution in [2.75, 3.05) is 6.61 Å². The van der Waals surface area contributed by atoms with E-state index in [1.807, 2.05) is 0 Å². The Balaban J connectivity index is 2.90. The lowest BCUT2D eigenvalue weighted by atomic mass is 10.2. The van der Waals surface area contributed by atoms with Crippen LogP contribution in [0, 0.1) is 12.7 Å². The fourth-order valence-corrected chi connectivity index (χ4v) is 0.856. The van der Waals surface area contributed by atoms with Crippen molar-refractivity contribution in [2.45, 2.75) is 13.8 Å². The molecular weight excluding hydrogens is 173 g/mol. The summed E-state index contributed by atoms with van der Waals surface area (Å²) in [5.74, 6) is -0.946. The Labute approximate surface area is 75.6 Å². The molecule has 0 bridgehead atoms. The second-order valence-corrected chi connectivity index (χ2v) is 2.54. The lowest BCUT2D eigenvalue weighted by molar-refractivity contribution is 0.0519. The SMILES string of the molecule is CCOC(=O)c1cc(C)c(F)cn1. The number of halogens is 1. The summed E-state index contributed by atoms with van der Waals surface area (Å²) >= 11 is 0. The Morgan fingerprint density at radius 1 is 1.69 bits per heavy atom. The zero-order valence-electron chi connectivity index (χ0n) is 7.50. The van der Waals surface area contributed by atoms with Crippen molar-refractivity contribution in [1.82, 2.24) is 4.98 Å². The Kier molecular flexibility index (Phi) is 2.95. The van der Waals surface area contributed by atoms with Crippen LogP contribution in [0.3, 0.4) is 0 Å². The van der Waals surface area contributed by atoms with Gasteiger partial charge in [-0.25, -0.2) is 14.2 Å². The number of aryl methyl sites for hydroxylation is 1. The molecule has 70 valence electrons. The van der Waals surface area contributed by atoms with Crippen molar-refractivity contribution in [3.63, 3.8) is 0 Å². The number of aromatic nitrogens is 1. The number of hydrogen-bond acceptors (Lipinski definition) is 3.